The van der Waals surface area contributed by atoms with E-state index in [9.17, 15) is 13.2 Å². The highest BCUT2D eigenvalue weighted by atomic mass is 35.5. The molecule has 1 aromatic heterocycles. The summed E-state index contributed by atoms with van der Waals surface area (Å²) < 4.78 is 25.9. The van der Waals surface area contributed by atoms with Crippen molar-refractivity contribution in [1.82, 2.24) is 10.2 Å². The van der Waals surface area contributed by atoms with Gasteiger partial charge in [0.1, 0.15) is 11.0 Å². The molecule has 0 spiro atoms. The van der Waals surface area contributed by atoms with E-state index in [1.165, 1.54) is 24.3 Å². The van der Waals surface area contributed by atoms with Gasteiger partial charge >= 0.3 is 0 Å². The van der Waals surface area contributed by atoms with Crippen LogP contribution in [-0.2, 0) is 14.8 Å². The number of benzene rings is 2. The maximum atomic E-state index is 12.8. The normalized spacial score (nSPS) is 12.4. The van der Waals surface area contributed by atoms with Crippen molar-refractivity contribution in [2.75, 3.05) is 15.9 Å². The van der Waals surface area contributed by atoms with Crippen molar-refractivity contribution in [3.63, 3.8) is 0 Å². The summed E-state index contributed by atoms with van der Waals surface area (Å²) in [5.41, 5.74) is 3.14. The molecule has 1 N–H and O–H groups in total. The third-order valence-corrected chi connectivity index (χ3v) is 6.99. The Labute approximate surface area is 184 Å². The van der Waals surface area contributed by atoms with Crippen molar-refractivity contribution in [2.24, 2.45) is 0 Å². The zero-order valence-corrected chi connectivity index (χ0v) is 19.3. The van der Waals surface area contributed by atoms with E-state index in [-0.39, 0.29) is 5.13 Å². The number of sulfonamides is 1. The number of nitrogens with one attached hydrogen (secondary N) is 1. The standard InChI is InChI=1S/C20H21ClN4O3S2/c1-12-5-8-15(9-6-12)19-23-24-20(29-19)22-18(26)14(3)25(30(4,27)28)16-10-7-13(2)17(21)11-16/h5-11,14H,1-4H3,(H,22,24,26)/t14-/m0/s1. The van der Waals surface area contributed by atoms with Gasteiger partial charge in [-0.1, -0.05) is 58.8 Å². The fourth-order valence-corrected chi connectivity index (χ4v) is 4.92. The summed E-state index contributed by atoms with van der Waals surface area (Å²) in [5.74, 6) is -0.524. The summed E-state index contributed by atoms with van der Waals surface area (Å²) in [5, 5.41) is 12.1. The Morgan fingerprint density at radius 2 is 1.80 bits per heavy atom. The molecule has 3 aromatic rings. The van der Waals surface area contributed by atoms with E-state index in [1.54, 1.807) is 12.1 Å². The number of anilines is 2. The Balaban J connectivity index is 1.82. The molecular formula is C20H21ClN4O3S2. The topological polar surface area (TPSA) is 92.3 Å². The van der Waals surface area contributed by atoms with E-state index in [0.29, 0.717) is 15.7 Å². The summed E-state index contributed by atoms with van der Waals surface area (Å²) in [6, 6.07) is 11.6. The Bertz CT molecular complexity index is 1180. The molecule has 30 heavy (non-hydrogen) atoms. The minimum absolute atomic E-state index is 0.290. The van der Waals surface area contributed by atoms with E-state index in [4.69, 9.17) is 11.6 Å². The number of nitrogens with zero attached hydrogens (tertiary/aromatic N) is 3. The van der Waals surface area contributed by atoms with Crippen LogP contribution in [0.4, 0.5) is 10.8 Å². The summed E-state index contributed by atoms with van der Waals surface area (Å²) in [6.45, 7) is 5.31. The number of carbonyl (C=O) groups is 1. The van der Waals surface area contributed by atoms with Gasteiger partial charge in [0.25, 0.3) is 0 Å². The number of aromatic nitrogens is 2. The molecule has 0 aliphatic heterocycles. The van der Waals surface area contributed by atoms with Gasteiger partial charge in [-0.2, -0.15) is 0 Å². The van der Waals surface area contributed by atoms with Crippen LogP contribution in [0.1, 0.15) is 18.1 Å². The zero-order chi connectivity index (χ0) is 22.1. The highest BCUT2D eigenvalue weighted by Crippen LogP contribution is 2.29. The molecule has 2 aromatic carbocycles. The van der Waals surface area contributed by atoms with Crippen LogP contribution in [0.2, 0.25) is 5.02 Å². The Kier molecular flexibility index (Phi) is 6.44. The van der Waals surface area contributed by atoms with Crippen molar-refractivity contribution in [3.8, 4) is 10.6 Å². The average molecular weight is 465 g/mol. The van der Waals surface area contributed by atoms with Gasteiger partial charge < -0.3 is 0 Å². The van der Waals surface area contributed by atoms with Crippen LogP contribution in [0.25, 0.3) is 10.6 Å². The Hall–Kier alpha value is -2.49. The first-order valence-electron chi connectivity index (χ1n) is 9.03. The van der Waals surface area contributed by atoms with Gasteiger partial charge in [0.2, 0.25) is 21.1 Å². The van der Waals surface area contributed by atoms with Crippen LogP contribution >= 0.6 is 22.9 Å². The third-order valence-electron chi connectivity index (χ3n) is 4.45. The molecule has 0 fully saturated rings. The molecule has 1 atom stereocenters. The molecule has 10 heteroatoms. The number of amides is 1. The van der Waals surface area contributed by atoms with Gasteiger partial charge in [0.15, 0.2) is 0 Å². The molecular weight excluding hydrogens is 444 g/mol. The SMILES string of the molecule is Cc1ccc(-c2nnc(NC(=O)[C@H](C)N(c3ccc(C)c(Cl)c3)S(C)(=O)=O)s2)cc1. The molecule has 1 amide bonds. The summed E-state index contributed by atoms with van der Waals surface area (Å²) in [6.07, 6.45) is 1.05. The van der Waals surface area contributed by atoms with Crippen LogP contribution in [-0.4, -0.2) is 36.8 Å². The van der Waals surface area contributed by atoms with Gasteiger partial charge in [-0.3, -0.25) is 14.4 Å². The average Bonchev–Trinajstić information content (AvgIpc) is 3.12. The van der Waals surface area contributed by atoms with Gasteiger partial charge in [-0.25, -0.2) is 8.42 Å². The van der Waals surface area contributed by atoms with Crippen molar-refractivity contribution >= 4 is 49.7 Å². The zero-order valence-electron chi connectivity index (χ0n) is 16.9. The van der Waals surface area contributed by atoms with Crippen molar-refractivity contribution in [3.05, 3.63) is 58.6 Å². The maximum absolute atomic E-state index is 12.8. The summed E-state index contributed by atoms with van der Waals surface area (Å²) >= 11 is 7.37. The summed E-state index contributed by atoms with van der Waals surface area (Å²) in [4.78, 5) is 12.8. The summed E-state index contributed by atoms with van der Waals surface area (Å²) in [7, 11) is -3.74. The quantitative estimate of drug-likeness (QED) is 0.588. The molecule has 158 valence electrons. The smallest absolute Gasteiger partial charge is 0.249 e. The lowest BCUT2D eigenvalue weighted by atomic mass is 10.2. The second-order valence-corrected chi connectivity index (χ2v) is 10.2. The minimum atomic E-state index is -3.74. The van der Waals surface area contributed by atoms with Crippen LogP contribution in [0.3, 0.4) is 0 Å². The minimum Gasteiger partial charge on any atom is -0.299 e. The predicted octanol–water partition coefficient (Wildman–Crippen LogP) is 4.27. The fourth-order valence-electron chi connectivity index (χ4n) is 2.82. The first-order valence-corrected chi connectivity index (χ1v) is 12.1. The first-order chi connectivity index (χ1) is 14.1. The molecule has 1 heterocycles. The van der Waals surface area contributed by atoms with E-state index in [2.05, 4.69) is 15.5 Å². The largest absolute Gasteiger partial charge is 0.299 e. The molecule has 0 saturated heterocycles. The monoisotopic (exact) mass is 464 g/mol. The lowest BCUT2D eigenvalue weighted by Gasteiger charge is -2.28. The number of carbonyl (C=O) groups excluding carboxylic acids is 1. The number of rotatable bonds is 6. The molecule has 0 bridgehead atoms. The molecule has 0 aliphatic rings. The Morgan fingerprint density at radius 1 is 1.13 bits per heavy atom. The highest BCUT2D eigenvalue weighted by Gasteiger charge is 2.30. The third kappa shape index (κ3) is 4.97. The molecule has 7 nitrogen and oxygen atoms in total. The number of aryl methyl sites for hydroxylation is 2. The van der Waals surface area contributed by atoms with Crippen molar-refractivity contribution < 1.29 is 13.2 Å². The van der Waals surface area contributed by atoms with E-state index in [1.807, 2.05) is 38.1 Å². The Morgan fingerprint density at radius 3 is 2.40 bits per heavy atom. The van der Waals surface area contributed by atoms with E-state index < -0.39 is 22.0 Å². The molecule has 0 saturated carbocycles. The van der Waals surface area contributed by atoms with Crippen LogP contribution in [0.15, 0.2) is 42.5 Å². The fraction of sp³-hybridized carbons (Fsp3) is 0.250. The predicted molar refractivity (Wildman–Crippen MR) is 122 cm³/mol. The van der Waals surface area contributed by atoms with Crippen LogP contribution < -0.4 is 9.62 Å². The van der Waals surface area contributed by atoms with E-state index in [0.717, 1.165) is 27.3 Å². The van der Waals surface area contributed by atoms with E-state index >= 15 is 0 Å². The lowest BCUT2D eigenvalue weighted by Crippen LogP contribution is -2.45. The van der Waals surface area contributed by atoms with Gasteiger partial charge in [0.05, 0.1) is 11.9 Å². The number of halogens is 1. The van der Waals surface area contributed by atoms with Gasteiger partial charge in [-0.15, -0.1) is 10.2 Å². The van der Waals surface area contributed by atoms with Crippen LogP contribution in [0.5, 0.6) is 0 Å². The molecule has 0 radical (unpaired) electrons. The van der Waals surface area contributed by atoms with Crippen LogP contribution in [0, 0.1) is 13.8 Å². The maximum Gasteiger partial charge on any atom is 0.249 e. The molecule has 3 rings (SSSR count). The van der Waals surface area contributed by atoms with Crippen molar-refractivity contribution in [2.45, 2.75) is 26.8 Å². The highest BCUT2D eigenvalue weighted by molar-refractivity contribution is 7.92. The molecule has 0 aliphatic carbocycles. The number of hydrogen-bond acceptors (Lipinski definition) is 6. The number of hydrogen-bond donors (Lipinski definition) is 1. The molecule has 0 unspecified atom stereocenters. The second kappa shape index (κ2) is 8.71. The van der Waals surface area contributed by atoms with Gasteiger partial charge in [0, 0.05) is 10.6 Å². The second-order valence-electron chi connectivity index (χ2n) is 6.94. The lowest BCUT2D eigenvalue weighted by molar-refractivity contribution is -0.116. The van der Waals surface area contributed by atoms with Gasteiger partial charge in [-0.05, 0) is 38.5 Å². The van der Waals surface area contributed by atoms with Crippen molar-refractivity contribution in [1.29, 1.82) is 0 Å². The first kappa shape index (κ1) is 22.2.